The molecule has 2 aromatic heterocycles. The zero-order valence-electron chi connectivity index (χ0n) is 10.6. The van der Waals surface area contributed by atoms with Crippen LogP contribution in [0.5, 0.6) is 0 Å². The van der Waals surface area contributed by atoms with Crippen LogP contribution >= 0.6 is 0 Å². The van der Waals surface area contributed by atoms with Crippen molar-refractivity contribution in [1.29, 1.82) is 0 Å². The maximum atomic E-state index is 4.32. The summed E-state index contributed by atoms with van der Waals surface area (Å²) < 4.78 is 0. The van der Waals surface area contributed by atoms with Crippen molar-refractivity contribution in [2.75, 3.05) is 0 Å². The van der Waals surface area contributed by atoms with Crippen molar-refractivity contribution in [1.82, 2.24) is 15.0 Å². The van der Waals surface area contributed by atoms with E-state index in [4.69, 9.17) is 0 Å². The Morgan fingerprint density at radius 3 is 2.84 bits per heavy atom. The third-order valence-corrected chi connectivity index (χ3v) is 2.98. The Labute approximate surface area is 111 Å². The highest BCUT2D eigenvalue weighted by Crippen LogP contribution is 2.18. The predicted octanol–water partition coefficient (Wildman–Crippen LogP) is 3.59. The van der Waals surface area contributed by atoms with Gasteiger partial charge in [0, 0.05) is 24.0 Å². The average molecular weight is 247 g/mol. The molecule has 0 amide bonds. The molecular formula is C16H13N3. The molecule has 0 atom stereocenters. The second-order valence-corrected chi connectivity index (χ2v) is 4.37. The monoisotopic (exact) mass is 247 g/mol. The van der Waals surface area contributed by atoms with Gasteiger partial charge in [-0.15, -0.1) is 0 Å². The van der Waals surface area contributed by atoms with Crippen molar-refractivity contribution in [2.24, 2.45) is 0 Å². The summed E-state index contributed by atoms with van der Waals surface area (Å²) in [5, 5.41) is 1.14. The summed E-state index contributed by atoms with van der Waals surface area (Å²) in [5.41, 5.74) is 4.14. The lowest BCUT2D eigenvalue weighted by molar-refractivity contribution is 1.17. The van der Waals surface area contributed by atoms with Crippen LogP contribution in [0.4, 0.5) is 0 Å². The SMILES string of the molecule is CC(=Cc1ccc2ncccc2c1)c1cnccn1. The number of benzene rings is 1. The zero-order valence-corrected chi connectivity index (χ0v) is 10.6. The summed E-state index contributed by atoms with van der Waals surface area (Å²) >= 11 is 0. The fourth-order valence-corrected chi connectivity index (χ4v) is 2.01. The quantitative estimate of drug-likeness (QED) is 0.694. The van der Waals surface area contributed by atoms with Gasteiger partial charge >= 0.3 is 0 Å². The lowest BCUT2D eigenvalue weighted by Crippen LogP contribution is -1.86. The molecule has 0 aliphatic rings. The first-order valence-corrected chi connectivity index (χ1v) is 6.12. The maximum Gasteiger partial charge on any atom is 0.0842 e. The molecule has 0 saturated heterocycles. The molecule has 0 aliphatic heterocycles. The van der Waals surface area contributed by atoms with E-state index >= 15 is 0 Å². The molecule has 0 bridgehead atoms. The summed E-state index contributed by atoms with van der Waals surface area (Å²) in [6.07, 6.45) is 9.07. The Kier molecular flexibility index (Phi) is 3.02. The van der Waals surface area contributed by atoms with E-state index in [1.54, 1.807) is 18.6 Å². The van der Waals surface area contributed by atoms with Gasteiger partial charge in [-0.25, -0.2) is 0 Å². The van der Waals surface area contributed by atoms with E-state index in [0.29, 0.717) is 0 Å². The molecule has 0 N–H and O–H groups in total. The van der Waals surface area contributed by atoms with Crippen LogP contribution < -0.4 is 0 Å². The number of nitrogens with zero attached hydrogens (tertiary/aromatic N) is 3. The molecule has 0 aliphatic carbocycles. The minimum atomic E-state index is 0.897. The molecule has 2 heterocycles. The van der Waals surface area contributed by atoms with Gasteiger partial charge in [-0.1, -0.05) is 12.1 Å². The fourth-order valence-electron chi connectivity index (χ4n) is 2.01. The van der Waals surface area contributed by atoms with Crippen molar-refractivity contribution in [2.45, 2.75) is 6.92 Å². The Balaban J connectivity index is 2.01. The third kappa shape index (κ3) is 2.50. The maximum absolute atomic E-state index is 4.32. The van der Waals surface area contributed by atoms with Gasteiger partial charge in [-0.3, -0.25) is 15.0 Å². The number of fused-ring (bicyclic) bond motifs is 1. The minimum Gasteiger partial charge on any atom is -0.261 e. The number of allylic oxidation sites excluding steroid dienone is 1. The normalized spacial score (nSPS) is 11.7. The van der Waals surface area contributed by atoms with Crippen molar-refractivity contribution in [3.8, 4) is 0 Å². The first-order chi connectivity index (χ1) is 9.33. The fraction of sp³-hybridized carbons (Fsp3) is 0.0625. The zero-order chi connectivity index (χ0) is 13.1. The van der Waals surface area contributed by atoms with E-state index in [2.05, 4.69) is 39.2 Å². The molecule has 0 radical (unpaired) electrons. The van der Waals surface area contributed by atoms with Gasteiger partial charge < -0.3 is 0 Å². The highest BCUT2D eigenvalue weighted by Gasteiger charge is 1.99. The van der Waals surface area contributed by atoms with E-state index in [1.807, 2.05) is 25.3 Å². The van der Waals surface area contributed by atoms with E-state index in [-0.39, 0.29) is 0 Å². The second-order valence-electron chi connectivity index (χ2n) is 4.37. The molecule has 3 rings (SSSR count). The molecule has 3 heteroatoms. The van der Waals surface area contributed by atoms with Crippen LogP contribution in [0.25, 0.3) is 22.6 Å². The topological polar surface area (TPSA) is 38.7 Å². The molecular weight excluding hydrogens is 234 g/mol. The van der Waals surface area contributed by atoms with Gasteiger partial charge in [0.25, 0.3) is 0 Å². The van der Waals surface area contributed by atoms with E-state index in [9.17, 15) is 0 Å². The molecule has 3 nitrogen and oxygen atoms in total. The first-order valence-electron chi connectivity index (χ1n) is 6.12. The molecule has 0 spiro atoms. The molecule has 19 heavy (non-hydrogen) atoms. The first kappa shape index (κ1) is 11.5. The number of aromatic nitrogens is 3. The predicted molar refractivity (Wildman–Crippen MR) is 77.3 cm³/mol. The van der Waals surface area contributed by atoms with Gasteiger partial charge in [-0.2, -0.15) is 0 Å². The number of pyridine rings is 1. The molecule has 92 valence electrons. The highest BCUT2D eigenvalue weighted by atomic mass is 14.8. The van der Waals surface area contributed by atoms with Gasteiger partial charge in [0.15, 0.2) is 0 Å². The van der Waals surface area contributed by atoms with Gasteiger partial charge in [0.1, 0.15) is 0 Å². The Hall–Kier alpha value is -2.55. The number of hydrogen-bond acceptors (Lipinski definition) is 3. The van der Waals surface area contributed by atoms with E-state index in [1.165, 1.54) is 0 Å². The van der Waals surface area contributed by atoms with Crippen molar-refractivity contribution in [3.05, 3.63) is 66.4 Å². The summed E-state index contributed by atoms with van der Waals surface area (Å²) in [5.74, 6) is 0. The van der Waals surface area contributed by atoms with Crippen LogP contribution in [-0.2, 0) is 0 Å². The lowest BCUT2D eigenvalue weighted by Gasteiger charge is -2.02. The van der Waals surface area contributed by atoms with Crippen LogP contribution in [0.2, 0.25) is 0 Å². The smallest absolute Gasteiger partial charge is 0.0842 e. The molecule has 0 saturated carbocycles. The Morgan fingerprint density at radius 2 is 2.00 bits per heavy atom. The summed E-state index contributed by atoms with van der Waals surface area (Å²) in [7, 11) is 0. The average Bonchev–Trinajstić information content (AvgIpc) is 2.48. The lowest BCUT2D eigenvalue weighted by atomic mass is 10.1. The van der Waals surface area contributed by atoms with Gasteiger partial charge in [0.05, 0.1) is 17.4 Å². The van der Waals surface area contributed by atoms with Gasteiger partial charge in [-0.05, 0) is 42.3 Å². The Morgan fingerprint density at radius 1 is 1.05 bits per heavy atom. The second kappa shape index (κ2) is 4.98. The van der Waals surface area contributed by atoms with Crippen molar-refractivity contribution in [3.63, 3.8) is 0 Å². The third-order valence-electron chi connectivity index (χ3n) is 2.98. The standard InChI is InChI=1S/C16H13N3/c1-12(16-11-17-7-8-19-16)9-13-4-5-15-14(10-13)3-2-6-18-15/h2-11H,1H3. The minimum absolute atomic E-state index is 0.897. The van der Waals surface area contributed by atoms with Crippen LogP contribution in [0.15, 0.2) is 55.1 Å². The number of hydrogen-bond donors (Lipinski definition) is 0. The van der Waals surface area contributed by atoms with E-state index in [0.717, 1.165) is 27.7 Å². The molecule has 3 aromatic rings. The van der Waals surface area contributed by atoms with Gasteiger partial charge in [0.2, 0.25) is 0 Å². The van der Waals surface area contributed by atoms with Crippen LogP contribution in [-0.4, -0.2) is 15.0 Å². The molecule has 1 aromatic carbocycles. The summed E-state index contributed by atoms with van der Waals surface area (Å²) in [6.45, 7) is 2.04. The van der Waals surface area contributed by atoms with Crippen molar-refractivity contribution >= 4 is 22.6 Å². The highest BCUT2D eigenvalue weighted by molar-refractivity contribution is 5.85. The largest absolute Gasteiger partial charge is 0.261 e. The van der Waals surface area contributed by atoms with Crippen molar-refractivity contribution < 1.29 is 0 Å². The molecule has 0 unspecified atom stereocenters. The summed E-state index contributed by atoms with van der Waals surface area (Å²) in [6, 6.07) is 10.2. The number of rotatable bonds is 2. The summed E-state index contributed by atoms with van der Waals surface area (Å²) in [4.78, 5) is 12.7. The Bertz CT molecular complexity index is 733. The van der Waals surface area contributed by atoms with E-state index < -0.39 is 0 Å². The van der Waals surface area contributed by atoms with Crippen LogP contribution in [0.1, 0.15) is 18.2 Å². The molecule has 0 fully saturated rings. The van der Waals surface area contributed by atoms with Crippen LogP contribution in [0.3, 0.4) is 0 Å². The van der Waals surface area contributed by atoms with Crippen LogP contribution in [0, 0.1) is 0 Å².